The SMILES string of the molecule is c1ccc2c(c1)-c1ccc(-c3ccc4ccc(-c5cc6c(ccc7c8ccccc8ccc76)c6ccccc56)cc4c3)c3c1c-2cc1ccccc13. The number of fused-ring (bicyclic) bond motifs is 13. The molecular formula is C52H30. The van der Waals surface area contributed by atoms with Gasteiger partial charge in [-0.1, -0.05) is 158 Å². The van der Waals surface area contributed by atoms with Crippen molar-refractivity contribution in [1.82, 2.24) is 0 Å². The molecule has 0 aliphatic heterocycles. The summed E-state index contributed by atoms with van der Waals surface area (Å²) >= 11 is 0. The maximum atomic E-state index is 2.44. The zero-order valence-electron chi connectivity index (χ0n) is 28.3. The van der Waals surface area contributed by atoms with Gasteiger partial charge in [0.05, 0.1) is 0 Å². The van der Waals surface area contributed by atoms with Gasteiger partial charge in [0, 0.05) is 0 Å². The van der Waals surface area contributed by atoms with E-state index in [9.17, 15) is 0 Å². The number of rotatable bonds is 2. The lowest BCUT2D eigenvalue weighted by atomic mass is 9.88. The van der Waals surface area contributed by atoms with Crippen LogP contribution in [0.2, 0.25) is 0 Å². The van der Waals surface area contributed by atoms with E-state index in [2.05, 4.69) is 182 Å². The van der Waals surface area contributed by atoms with Gasteiger partial charge in [-0.2, -0.15) is 0 Å². The van der Waals surface area contributed by atoms with Crippen LogP contribution < -0.4 is 0 Å². The summed E-state index contributed by atoms with van der Waals surface area (Å²) in [4.78, 5) is 0. The average Bonchev–Trinajstić information content (AvgIpc) is 3.53. The van der Waals surface area contributed by atoms with Gasteiger partial charge in [-0.05, 0) is 144 Å². The van der Waals surface area contributed by atoms with Crippen LogP contribution in [0.5, 0.6) is 0 Å². The van der Waals surface area contributed by atoms with Crippen molar-refractivity contribution < 1.29 is 0 Å². The third-order valence-electron chi connectivity index (χ3n) is 11.7. The Hall–Kier alpha value is -6.76. The van der Waals surface area contributed by atoms with Gasteiger partial charge < -0.3 is 0 Å². The zero-order chi connectivity index (χ0) is 33.9. The highest BCUT2D eigenvalue weighted by molar-refractivity contribution is 6.28. The van der Waals surface area contributed by atoms with Gasteiger partial charge in [0.15, 0.2) is 0 Å². The maximum Gasteiger partial charge on any atom is -0.00137 e. The summed E-state index contributed by atoms with van der Waals surface area (Å²) in [6.45, 7) is 0. The lowest BCUT2D eigenvalue weighted by Crippen LogP contribution is -1.88. The van der Waals surface area contributed by atoms with Crippen LogP contribution in [-0.4, -0.2) is 0 Å². The minimum absolute atomic E-state index is 1.24. The molecule has 1 aliphatic carbocycles. The molecule has 0 aromatic heterocycles. The van der Waals surface area contributed by atoms with Crippen LogP contribution >= 0.6 is 0 Å². The lowest BCUT2D eigenvalue weighted by molar-refractivity contribution is 1.67. The third kappa shape index (κ3) is 3.81. The Morgan fingerprint density at radius 3 is 1.52 bits per heavy atom. The lowest BCUT2D eigenvalue weighted by Gasteiger charge is -2.15. The largest absolute Gasteiger partial charge is 0.0616 e. The predicted molar refractivity (Wildman–Crippen MR) is 224 cm³/mol. The molecular weight excluding hydrogens is 625 g/mol. The molecule has 0 radical (unpaired) electrons. The minimum atomic E-state index is 1.24. The topological polar surface area (TPSA) is 0 Å². The number of hydrogen-bond donors (Lipinski definition) is 0. The zero-order valence-corrected chi connectivity index (χ0v) is 28.3. The fourth-order valence-electron chi connectivity index (χ4n) is 9.37. The van der Waals surface area contributed by atoms with E-state index in [1.54, 1.807) is 0 Å². The minimum Gasteiger partial charge on any atom is -0.0616 e. The quantitative estimate of drug-likeness (QED) is 0.163. The molecule has 0 spiro atoms. The van der Waals surface area contributed by atoms with Crippen molar-refractivity contribution in [3.8, 4) is 44.5 Å². The highest BCUT2D eigenvalue weighted by atomic mass is 14.3. The van der Waals surface area contributed by atoms with Gasteiger partial charge in [-0.3, -0.25) is 0 Å². The van der Waals surface area contributed by atoms with Gasteiger partial charge >= 0.3 is 0 Å². The van der Waals surface area contributed by atoms with E-state index in [0.717, 1.165) is 0 Å². The van der Waals surface area contributed by atoms with Crippen LogP contribution in [-0.2, 0) is 0 Å². The van der Waals surface area contributed by atoms with E-state index in [1.807, 2.05) is 0 Å². The van der Waals surface area contributed by atoms with Gasteiger partial charge in [-0.25, -0.2) is 0 Å². The van der Waals surface area contributed by atoms with E-state index >= 15 is 0 Å². The summed E-state index contributed by atoms with van der Waals surface area (Å²) in [6, 6.07) is 68.1. The molecule has 0 nitrogen and oxygen atoms in total. The molecule has 0 heterocycles. The van der Waals surface area contributed by atoms with Crippen molar-refractivity contribution in [2.75, 3.05) is 0 Å². The average molecular weight is 655 g/mol. The molecule has 0 bridgehead atoms. The molecule has 0 N–H and O–H groups in total. The molecule has 11 aromatic carbocycles. The fraction of sp³-hybridized carbons (Fsp3) is 0. The molecule has 0 saturated carbocycles. The Morgan fingerprint density at radius 2 is 0.731 bits per heavy atom. The highest BCUT2D eigenvalue weighted by Gasteiger charge is 2.24. The van der Waals surface area contributed by atoms with Crippen molar-refractivity contribution in [3.63, 3.8) is 0 Å². The molecule has 0 fully saturated rings. The Labute approximate surface area is 300 Å². The Bertz CT molecular complexity index is 3340. The van der Waals surface area contributed by atoms with E-state index in [0.29, 0.717) is 0 Å². The molecule has 0 saturated heterocycles. The first-order valence-electron chi connectivity index (χ1n) is 18.2. The summed E-state index contributed by atoms with van der Waals surface area (Å²) in [5.41, 5.74) is 10.4. The maximum absolute atomic E-state index is 2.44. The van der Waals surface area contributed by atoms with Crippen LogP contribution in [0.15, 0.2) is 182 Å². The van der Waals surface area contributed by atoms with Crippen LogP contribution in [0.25, 0.3) is 120 Å². The van der Waals surface area contributed by atoms with Gasteiger partial charge in [0.25, 0.3) is 0 Å². The predicted octanol–water partition coefficient (Wildman–Crippen LogP) is 14.7. The van der Waals surface area contributed by atoms with Crippen molar-refractivity contribution in [2.24, 2.45) is 0 Å². The van der Waals surface area contributed by atoms with Crippen LogP contribution in [0, 0.1) is 0 Å². The normalized spacial score (nSPS) is 12.2. The molecule has 238 valence electrons. The molecule has 1 aliphatic rings. The number of benzene rings is 11. The van der Waals surface area contributed by atoms with Crippen molar-refractivity contribution >= 4 is 75.4 Å². The summed E-state index contributed by atoms with van der Waals surface area (Å²) in [6.07, 6.45) is 0. The molecule has 11 aromatic rings. The summed E-state index contributed by atoms with van der Waals surface area (Å²) in [5.74, 6) is 0. The third-order valence-corrected chi connectivity index (χ3v) is 11.7. The van der Waals surface area contributed by atoms with E-state index in [-0.39, 0.29) is 0 Å². The van der Waals surface area contributed by atoms with Crippen molar-refractivity contribution in [3.05, 3.63) is 182 Å². The van der Waals surface area contributed by atoms with E-state index in [1.165, 1.54) is 120 Å². The highest BCUT2D eigenvalue weighted by Crippen LogP contribution is 2.52. The Morgan fingerprint density at radius 1 is 0.192 bits per heavy atom. The first-order chi connectivity index (χ1) is 25.8. The first-order valence-corrected chi connectivity index (χ1v) is 18.2. The second-order valence-electron chi connectivity index (χ2n) is 14.4. The summed E-state index contributed by atoms with van der Waals surface area (Å²) < 4.78 is 0. The first kappa shape index (κ1) is 28.0. The number of hydrogen-bond acceptors (Lipinski definition) is 0. The smallest absolute Gasteiger partial charge is 0.00137 e. The van der Waals surface area contributed by atoms with E-state index in [4.69, 9.17) is 0 Å². The van der Waals surface area contributed by atoms with Crippen molar-refractivity contribution in [1.29, 1.82) is 0 Å². The van der Waals surface area contributed by atoms with Crippen LogP contribution in [0.4, 0.5) is 0 Å². The molecule has 0 amide bonds. The molecule has 0 unspecified atom stereocenters. The van der Waals surface area contributed by atoms with Crippen LogP contribution in [0.3, 0.4) is 0 Å². The van der Waals surface area contributed by atoms with E-state index < -0.39 is 0 Å². The van der Waals surface area contributed by atoms with Gasteiger partial charge in [0.2, 0.25) is 0 Å². The summed E-state index contributed by atoms with van der Waals surface area (Å²) in [5, 5.41) is 18.1. The molecule has 12 rings (SSSR count). The van der Waals surface area contributed by atoms with Crippen molar-refractivity contribution in [2.45, 2.75) is 0 Å². The van der Waals surface area contributed by atoms with Gasteiger partial charge in [-0.15, -0.1) is 0 Å². The molecule has 52 heavy (non-hydrogen) atoms. The molecule has 0 heteroatoms. The standard InChI is InChI=1S/C52H30/c1-3-11-37-32(9-1)21-22-45-44(37)24-25-46-40-13-5-7-15-42(40)48(30-49(45)46)35-20-18-31-17-19-34(27-36(31)28-35)39-23-26-47-41-14-6-8-16-43(41)50-29-33-10-2-4-12-38(33)51(39)52(47)50/h1-30H. The van der Waals surface area contributed by atoms with Gasteiger partial charge in [0.1, 0.15) is 0 Å². The second kappa shape index (κ2) is 10.4. The Balaban J connectivity index is 1.10. The second-order valence-corrected chi connectivity index (χ2v) is 14.4. The Kier molecular flexibility index (Phi) is 5.59. The summed E-state index contributed by atoms with van der Waals surface area (Å²) in [7, 11) is 0. The van der Waals surface area contributed by atoms with Crippen LogP contribution in [0.1, 0.15) is 0 Å². The fourth-order valence-corrected chi connectivity index (χ4v) is 9.37. The molecule has 0 atom stereocenters. The monoisotopic (exact) mass is 654 g/mol.